The van der Waals surface area contributed by atoms with E-state index in [1.807, 2.05) is 12.1 Å². The number of hydrogen-bond donors (Lipinski definition) is 2. The standard InChI is InChI=1S/C19H21NO/c1-14(20-18-8-10-19(21)11-9-18)12-15-6-7-16-4-2-3-5-17(16)13-15/h3,5-11,13-14,20-21H,2,4,12H2,1H3. The van der Waals surface area contributed by atoms with Crippen molar-refractivity contribution in [1.29, 1.82) is 0 Å². The number of aryl methyl sites for hydroxylation is 1. The van der Waals surface area contributed by atoms with Crippen molar-refractivity contribution in [2.45, 2.75) is 32.2 Å². The van der Waals surface area contributed by atoms with Gasteiger partial charge in [-0.2, -0.15) is 0 Å². The Hall–Kier alpha value is -2.22. The van der Waals surface area contributed by atoms with E-state index >= 15 is 0 Å². The number of aromatic hydroxyl groups is 1. The summed E-state index contributed by atoms with van der Waals surface area (Å²) in [5, 5.41) is 12.8. The normalized spacial score (nSPS) is 14.5. The third kappa shape index (κ3) is 3.46. The first-order chi connectivity index (χ1) is 10.2. The van der Waals surface area contributed by atoms with Crippen molar-refractivity contribution in [1.82, 2.24) is 0 Å². The Morgan fingerprint density at radius 3 is 2.76 bits per heavy atom. The molecule has 1 aliphatic carbocycles. The fourth-order valence-corrected chi connectivity index (χ4v) is 2.85. The number of fused-ring (bicyclic) bond motifs is 1. The number of allylic oxidation sites excluding steroid dienone is 1. The maximum Gasteiger partial charge on any atom is 0.115 e. The van der Waals surface area contributed by atoms with Gasteiger partial charge in [-0.25, -0.2) is 0 Å². The Labute approximate surface area is 126 Å². The summed E-state index contributed by atoms with van der Waals surface area (Å²) < 4.78 is 0. The summed E-state index contributed by atoms with van der Waals surface area (Å²) in [5.41, 5.74) is 5.23. The zero-order valence-corrected chi connectivity index (χ0v) is 12.3. The smallest absolute Gasteiger partial charge is 0.115 e. The molecule has 0 saturated carbocycles. The summed E-state index contributed by atoms with van der Waals surface area (Å²) in [6.07, 6.45) is 7.80. The van der Waals surface area contributed by atoms with Gasteiger partial charge in [-0.05, 0) is 67.1 Å². The lowest BCUT2D eigenvalue weighted by Crippen LogP contribution is -2.18. The molecule has 0 radical (unpaired) electrons. The second kappa shape index (κ2) is 6.04. The van der Waals surface area contributed by atoms with Crippen LogP contribution in [0.2, 0.25) is 0 Å². The molecule has 0 aromatic heterocycles. The summed E-state index contributed by atoms with van der Waals surface area (Å²) in [5.74, 6) is 0.301. The number of phenolic OH excluding ortho intramolecular Hbond substituents is 1. The van der Waals surface area contributed by atoms with Gasteiger partial charge in [-0.15, -0.1) is 0 Å². The van der Waals surface area contributed by atoms with Crippen LogP contribution >= 0.6 is 0 Å². The van der Waals surface area contributed by atoms with Crippen LogP contribution in [-0.4, -0.2) is 11.1 Å². The van der Waals surface area contributed by atoms with Gasteiger partial charge in [0.1, 0.15) is 5.75 Å². The Morgan fingerprint density at radius 2 is 1.95 bits per heavy atom. The minimum Gasteiger partial charge on any atom is -0.508 e. The highest BCUT2D eigenvalue weighted by Gasteiger charge is 2.08. The Morgan fingerprint density at radius 1 is 1.14 bits per heavy atom. The van der Waals surface area contributed by atoms with Crippen molar-refractivity contribution in [2.75, 3.05) is 5.32 Å². The summed E-state index contributed by atoms with van der Waals surface area (Å²) >= 11 is 0. The molecule has 0 spiro atoms. The van der Waals surface area contributed by atoms with Crippen molar-refractivity contribution in [3.63, 3.8) is 0 Å². The quantitative estimate of drug-likeness (QED) is 0.813. The second-order valence-electron chi connectivity index (χ2n) is 5.77. The number of rotatable bonds is 4. The van der Waals surface area contributed by atoms with Crippen LogP contribution in [0.25, 0.3) is 6.08 Å². The monoisotopic (exact) mass is 279 g/mol. The zero-order valence-electron chi connectivity index (χ0n) is 12.3. The van der Waals surface area contributed by atoms with Gasteiger partial charge in [0.05, 0.1) is 0 Å². The van der Waals surface area contributed by atoms with Crippen molar-refractivity contribution >= 4 is 11.8 Å². The average molecular weight is 279 g/mol. The first kappa shape index (κ1) is 13.7. The molecule has 2 nitrogen and oxygen atoms in total. The van der Waals surface area contributed by atoms with E-state index in [2.05, 4.69) is 42.6 Å². The molecule has 3 rings (SSSR count). The molecule has 2 aromatic rings. The predicted molar refractivity (Wildman–Crippen MR) is 88.7 cm³/mol. The van der Waals surface area contributed by atoms with Gasteiger partial charge in [-0.1, -0.05) is 30.4 Å². The van der Waals surface area contributed by atoms with E-state index in [9.17, 15) is 5.11 Å². The number of benzene rings is 2. The van der Waals surface area contributed by atoms with Crippen LogP contribution in [0.1, 0.15) is 30.0 Å². The van der Waals surface area contributed by atoms with Crippen molar-refractivity contribution in [3.05, 3.63) is 65.2 Å². The van der Waals surface area contributed by atoms with E-state index in [0.717, 1.165) is 24.9 Å². The largest absolute Gasteiger partial charge is 0.508 e. The zero-order chi connectivity index (χ0) is 14.7. The van der Waals surface area contributed by atoms with Crippen LogP contribution in [0.3, 0.4) is 0 Å². The van der Waals surface area contributed by atoms with Crippen LogP contribution in [0.4, 0.5) is 5.69 Å². The fraction of sp³-hybridized carbons (Fsp3) is 0.263. The highest BCUT2D eigenvalue weighted by atomic mass is 16.3. The lowest BCUT2D eigenvalue weighted by molar-refractivity contribution is 0.475. The van der Waals surface area contributed by atoms with Gasteiger partial charge in [0.25, 0.3) is 0 Å². The molecule has 1 aliphatic rings. The number of hydrogen-bond acceptors (Lipinski definition) is 2. The highest BCUT2D eigenvalue weighted by molar-refractivity contribution is 5.57. The van der Waals surface area contributed by atoms with Gasteiger partial charge in [-0.3, -0.25) is 0 Å². The maximum absolute atomic E-state index is 9.30. The van der Waals surface area contributed by atoms with Crippen LogP contribution in [0.15, 0.2) is 48.5 Å². The maximum atomic E-state index is 9.30. The molecule has 0 aliphatic heterocycles. The number of nitrogens with one attached hydrogen (secondary N) is 1. The molecule has 0 amide bonds. The van der Waals surface area contributed by atoms with E-state index in [1.165, 1.54) is 16.7 Å². The van der Waals surface area contributed by atoms with Gasteiger partial charge >= 0.3 is 0 Å². The number of anilines is 1. The topological polar surface area (TPSA) is 32.3 Å². The van der Waals surface area contributed by atoms with Crippen LogP contribution in [0.5, 0.6) is 5.75 Å². The molecule has 108 valence electrons. The summed E-state index contributed by atoms with van der Waals surface area (Å²) in [4.78, 5) is 0. The van der Waals surface area contributed by atoms with Gasteiger partial charge in [0.15, 0.2) is 0 Å². The molecule has 21 heavy (non-hydrogen) atoms. The van der Waals surface area contributed by atoms with Crippen LogP contribution < -0.4 is 5.32 Å². The van der Waals surface area contributed by atoms with Crippen molar-refractivity contribution in [3.8, 4) is 5.75 Å². The van der Waals surface area contributed by atoms with E-state index in [1.54, 1.807) is 12.1 Å². The molecule has 0 heterocycles. The Kier molecular flexibility index (Phi) is 3.96. The fourth-order valence-electron chi connectivity index (χ4n) is 2.85. The van der Waals surface area contributed by atoms with Crippen LogP contribution in [0, 0.1) is 0 Å². The molecule has 1 unspecified atom stereocenters. The third-order valence-electron chi connectivity index (χ3n) is 3.91. The van der Waals surface area contributed by atoms with Gasteiger partial charge < -0.3 is 10.4 Å². The molecule has 2 heteroatoms. The molecule has 2 aromatic carbocycles. The minimum absolute atomic E-state index is 0.301. The molecular weight excluding hydrogens is 258 g/mol. The van der Waals surface area contributed by atoms with Crippen molar-refractivity contribution < 1.29 is 5.11 Å². The lowest BCUT2D eigenvalue weighted by atomic mass is 9.94. The van der Waals surface area contributed by atoms with Gasteiger partial charge in [0, 0.05) is 11.7 Å². The van der Waals surface area contributed by atoms with Gasteiger partial charge in [0.2, 0.25) is 0 Å². The van der Waals surface area contributed by atoms with E-state index in [0.29, 0.717) is 11.8 Å². The SMILES string of the molecule is CC(Cc1ccc2c(c1)C=CCC2)Nc1ccc(O)cc1. The first-order valence-electron chi connectivity index (χ1n) is 7.54. The summed E-state index contributed by atoms with van der Waals surface area (Å²) in [6.45, 7) is 2.18. The molecule has 0 bridgehead atoms. The molecule has 0 saturated heterocycles. The lowest BCUT2D eigenvalue weighted by Gasteiger charge is -2.17. The molecule has 2 N–H and O–H groups in total. The highest BCUT2D eigenvalue weighted by Crippen LogP contribution is 2.22. The predicted octanol–water partition coefficient (Wildman–Crippen LogP) is 4.39. The van der Waals surface area contributed by atoms with E-state index in [-0.39, 0.29) is 0 Å². The first-order valence-corrected chi connectivity index (χ1v) is 7.54. The Bertz CT molecular complexity index is 643. The Balaban J connectivity index is 1.66. The summed E-state index contributed by atoms with van der Waals surface area (Å²) in [7, 11) is 0. The van der Waals surface area contributed by atoms with Crippen LogP contribution in [-0.2, 0) is 12.8 Å². The van der Waals surface area contributed by atoms with Crippen molar-refractivity contribution in [2.24, 2.45) is 0 Å². The van der Waals surface area contributed by atoms with E-state index in [4.69, 9.17) is 0 Å². The molecule has 1 atom stereocenters. The molecule has 0 fully saturated rings. The summed E-state index contributed by atoms with van der Waals surface area (Å²) in [6, 6.07) is 14.4. The third-order valence-corrected chi connectivity index (χ3v) is 3.91. The molecular formula is C19H21NO. The number of phenols is 1. The second-order valence-corrected chi connectivity index (χ2v) is 5.77. The average Bonchev–Trinajstić information content (AvgIpc) is 2.49. The van der Waals surface area contributed by atoms with E-state index < -0.39 is 0 Å². The minimum atomic E-state index is 0.301.